The Bertz CT molecular complexity index is 840. The zero-order valence-electron chi connectivity index (χ0n) is 18.8. The molecule has 1 heterocycles. The lowest BCUT2D eigenvalue weighted by atomic mass is 10.1. The highest BCUT2D eigenvalue weighted by atomic mass is 16.6. The number of morpholine rings is 1. The summed E-state index contributed by atoms with van der Waals surface area (Å²) in [5.74, 6) is 0. The van der Waals surface area contributed by atoms with E-state index in [1.807, 2.05) is 69.3 Å². The molecule has 0 saturated carbocycles. The van der Waals surface area contributed by atoms with E-state index in [1.54, 1.807) is 0 Å². The molecule has 0 spiro atoms. The van der Waals surface area contributed by atoms with Gasteiger partial charge in [-0.2, -0.15) is 0 Å². The third-order valence-corrected chi connectivity index (χ3v) is 5.02. The highest BCUT2D eigenvalue weighted by Crippen LogP contribution is 2.28. The molecule has 6 heteroatoms. The van der Waals surface area contributed by atoms with Gasteiger partial charge in [0.1, 0.15) is 5.60 Å². The zero-order valence-corrected chi connectivity index (χ0v) is 18.8. The van der Waals surface area contributed by atoms with Crippen molar-refractivity contribution >= 4 is 17.5 Å². The Morgan fingerprint density at radius 3 is 2.48 bits per heavy atom. The van der Waals surface area contributed by atoms with Crippen molar-refractivity contribution in [2.24, 2.45) is 0 Å². The Morgan fingerprint density at radius 2 is 1.81 bits per heavy atom. The van der Waals surface area contributed by atoms with Gasteiger partial charge in [-0.25, -0.2) is 4.79 Å². The summed E-state index contributed by atoms with van der Waals surface area (Å²) in [7, 11) is 0. The summed E-state index contributed by atoms with van der Waals surface area (Å²) in [5, 5.41) is 2.92. The number of rotatable bonds is 7. The molecule has 166 valence electrons. The van der Waals surface area contributed by atoms with Crippen LogP contribution in [0.25, 0.3) is 0 Å². The third-order valence-electron chi connectivity index (χ3n) is 5.02. The van der Waals surface area contributed by atoms with Crippen LogP contribution in [-0.2, 0) is 16.0 Å². The van der Waals surface area contributed by atoms with Gasteiger partial charge >= 0.3 is 6.09 Å². The number of para-hydroxylation sites is 2. The van der Waals surface area contributed by atoms with Gasteiger partial charge in [0.25, 0.3) is 0 Å². The first-order valence-electron chi connectivity index (χ1n) is 10.8. The van der Waals surface area contributed by atoms with Gasteiger partial charge < -0.3 is 14.4 Å². The Kier molecular flexibility index (Phi) is 7.93. The maximum absolute atomic E-state index is 12.4. The summed E-state index contributed by atoms with van der Waals surface area (Å²) in [6, 6.07) is 15.8. The molecule has 6 nitrogen and oxygen atoms in total. The average Bonchev–Trinajstić information content (AvgIpc) is 2.72. The normalized spacial score (nSPS) is 14.8. The van der Waals surface area contributed by atoms with Crippen LogP contribution in [0.15, 0.2) is 48.5 Å². The number of nitrogens with zero attached hydrogens (tertiary/aromatic N) is 2. The average molecular weight is 424 g/mol. The second-order valence-electron chi connectivity index (χ2n) is 8.76. The summed E-state index contributed by atoms with van der Waals surface area (Å²) in [6.07, 6.45) is -0.458. The number of carbonyl (C=O) groups excluding carboxylic acids is 1. The molecule has 0 atom stereocenters. The number of amides is 1. The van der Waals surface area contributed by atoms with Crippen molar-refractivity contribution in [3.63, 3.8) is 0 Å². The lowest BCUT2D eigenvalue weighted by molar-refractivity contribution is 0.0391. The molecule has 1 amide bonds. The molecular weight excluding hydrogens is 390 g/mol. The van der Waals surface area contributed by atoms with Gasteiger partial charge in [-0.15, -0.1) is 0 Å². The van der Waals surface area contributed by atoms with Crippen LogP contribution < -0.4 is 10.2 Å². The summed E-state index contributed by atoms with van der Waals surface area (Å²) in [5.41, 5.74) is 3.03. The largest absolute Gasteiger partial charge is 0.444 e. The lowest BCUT2D eigenvalue weighted by Gasteiger charge is -2.32. The van der Waals surface area contributed by atoms with E-state index in [2.05, 4.69) is 15.1 Å². The minimum atomic E-state index is -0.557. The second-order valence-corrected chi connectivity index (χ2v) is 8.76. The van der Waals surface area contributed by atoms with Crippen molar-refractivity contribution < 1.29 is 14.3 Å². The van der Waals surface area contributed by atoms with E-state index in [4.69, 9.17) is 16.4 Å². The molecule has 0 aliphatic carbocycles. The Balaban J connectivity index is 1.79. The van der Waals surface area contributed by atoms with E-state index >= 15 is 0 Å². The zero-order chi connectivity index (χ0) is 22.3. The predicted octanol–water partition coefficient (Wildman–Crippen LogP) is 4.43. The lowest BCUT2D eigenvalue weighted by Crippen LogP contribution is -2.41. The van der Waals surface area contributed by atoms with E-state index in [1.165, 1.54) is 0 Å². The molecule has 0 aromatic heterocycles. The van der Waals surface area contributed by atoms with Crippen molar-refractivity contribution in [3.8, 4) is 0 Å². The maximum Gasteiger partial charge on any atom is 0.412 e. The van der Waals surface area contributed by atoms with Crippen LogP contribution in [0, 0.1) is 6.92 Å². The standard InChI is InChI=1S/C25H33N3O3/c1-20-9-11-21(12-10-20)19-28(14-13-27-15-17-30-18-16-27)23-8-6-5-7-22(23)26-24(29)31-25(2,3)4/h1,5-12H,13-19H2,2-4H3,(H,26,29). The predicted molar refractivity (Wildman–Crippen MR) is 124 cm³/mol. The van der Waals surface area contributed by atoms with Crippen LogP contribution in [0.4, 0.5) is 16.2 Å². The molecule has 0 bridgehead atoms. The number of nitrogens with one attached hydrogen (secondary N) is 1. The number of hydrogen-bond acceptors (Lipinski definition) is 5. The summed E-state index contributed by atoms with van der Waals surface area (Å²) in [4.78, 5) is 17.1. The van der Waals surface area contributed by atoms with Crippen LogP contribution in [0.3, 0.4) is 0 Å². The Labute approximate surface area is 186 Å². The number of anilines is 2. The van der Waals surface area contributed by atoms with E-state index in [0.717, 1.165) is 61.9 Å². The number of carbonyl (C=O) groups is 1. The van der Waals surface area contributed by atoms with Crippen LogP contribution in [0.2, 0.25) is 0 Å². The molecule has 0 unspecified atom stereocenters. The van der Waals surface area contributed by atoms with Gasteiger partial charge in [-0.05, 0) is 51.0 Å². The number of ether oxygens (including phenoxy) is 2. The monoisotopic (exact) mass is 423 g/mol. The quantitative estimate of drug-likeness (QED) is 0.714. The number of hydrogen-bond donors (Lipinski definition) is 1. The van der Waals surface area contributed by atoms with Gasteiger partial charge in [0.15, 0.2) is 0 Å². The van der Waals surface area contributed by atoms with Crippen molar-refractivity contribution in [3.05, 3.63) is 66.6 Å². The van der Waals surface area contributed by atoms with Crippen LogP contribution in [-0.4, -0.2) is 56.0 Å². The van der Waals surface area contributed by atoms with E-state index in [0.29, 0.717) is 6.54 Å². The third kappa shape index (κ3) is 7.56. The van der Waals surface area contributed by atoms with Crippen molar-refractivity contribution in [2.45, 2.75) is 32.9 Å². The smallest absolute Gasteiger partial charge is 0.412 e. The first kappa shape index (κ1) is 23.1. The molecule has 1 saturated heterocycles. The minimum absolute atomic E-state index is 0.458. The fourth-order valence-electron chi connectivity index (χ4n) is 3.48. The first-order chi connectivity index (χ1) is 14.8. The van der Waals surface area contributed by atoms with Crippen molar-refractivity contribution in [2.75, 3.05) is 49.6 Å². The van der Waals surface area contributed by atoms with Crippen LogP contribution >= 0.6 is 0 Å². The molecule has 2 aromatic carbocycles. The molecule has 2 radical (unpaired) electrons. The highest BCUT2D eigenvalue weighted by molar-refractivity contribution is 5.90. The molecule has 2 aromatic rings. The second kappa shape index (κ2) is 10.6. The van der Waals surface area contributed by atoms with Crippen LogP contribution in [0.5, 0.6) is 0 Å². The molecule has 1 N–H and O–H groups in total. The highest BCUT2D eigenvalue weighted by Gasteiger charge is 2.20. The SMILES string of the molecule is [CH]c1ccc(CN(CCN2CCOCC2)c2ccccc2NC(=O)OC(C)(C)C)cc1. The van der Waals surface area contributed by atoms with Gasteiger partial charge in [0, 0.05) is 32.7 Å². The number of benzene rings is 2. The Morgan fingerprint density at radius 1 is 1.13 bits per heavy atom. The van der Waals surface area contributed by atoms with Gasteiger partial charge in [0.2, 0.25) is 0 Å². The minimum Gasteiger partial charge on any atom is -0.444 e. The van der Waals surface area contributed by atoms with Crippen molar-refractivity contribution in [1.29, 1.82) is 0 Å². The van der Waals surface area contributed by atoms with Crippen molar-refractivity contribution in [1.82, 2.24) is 4.90 Å². The van der Waals surface area contributed by atoms with Gasteiger partial charge in [-0.3, -0.25) is 10.2 Å². The first-order valence-corrected chi connectivity index (χ1v) is 10.8. The van der Waals surface area contributed by atoms with Gasteiger partial charge in [-0.1, -0.05) is 36.4 Å². The fourth-order valence-corrected chi connectivity index (χ4v) is 3.48. The van der Waals surface area contributed by atoms with Crippen LogP contribution in [0.1, 0.15) is 31.9 Å². The van der Waals surface area contributed by atoms with Gasteiger partial charge in [0.05, 0.1) is 24.6 Å². The summed E-state index contributed by atoms with van der Waals surface area (Å²) < 4.78 is 10.9. The molecule has 3 rings (SSSR count). The Hall–Kier alpha value is -2.57. The summed E-state index contributed by atoms with van der Waals surface area (Å²) in [6.45, 7) is 17.3. The van der Waals surface area contributed by atoms with E-state index in [9.17, 15) is 4.79 Å². The molecule has 1 aliphatic heterocycles. The molecule has 1 aliphatic rings. The fraction of sp³-hybridized carbons (Fsp3) is 0.440. The van der Waals surface area contributed by atoms with E-state index < -0.39 is 11.7 Å². The maximum atomic E-state index is 12.4. The molecular formula is C25H33N3O3. The van der Waals surface area contributed by atoms with E-state index in [-0.39, 0.29) is 0 Å². The topological polar surface area (TPSA) is 54.0 Å². The molecule has 1 fully saturated rings. The molecule has 31 heavy (non-hydrogen) atoms. The summed E-state index contributed by atoms with van der Waals surface area (Å²) >= 11 is 0.